The van der Waals surface area contributed by atoms with Crippen molar-refractivity contribution in [1.29, 1.82) is 0 Å². The van der Waals surface area contributed by atoms with E-state index in [-0.39, 0.29) is 5.54 Å². The van der Waals surface area contributed by atoms with Gasteiger partial charge in [-0.15, -0.1) is 0 Å². The van der Waals surface area contributed by atoms with Gasteiger partial charge in [0.05, 0.1) is 0 Å². The average Bonchev–Trinajstić information content (AvgIpc) is 2.09. The van der Waals surface area contributed by atoms with Gasteiger partial charge in [0, 0.05) is 10.0 Å². The Morgan fingerprint density at radius 3 is 2.07 bits per heavy atom. The fourth-order valence-electron chi connectivity index (χ4n) is 1.65. The van der Waals surface area contributed by atoms with Crippen LogP contribution in [-0.4, -0.2) is 5.54 Å². The number of hydrogen-bond donors (Lipinski definition) is 1. The summed E-state index contributed by atoms with van der Waals surface area (Å²) in [6, 6.07) is 4.48. The van der Waals surface area contributed by atoms with Crippen LogP contribution in [0.1, 0.15) is 37.0 Å². The number of nitrogens with two attached hydrogens (primary N) is 1. The van der Waals surface area contributed by atoms with Gasteiger partial charge in [0.25, 0.3) is 0 Å². The number of halogens is 1. The number of hydrogen-bond acceptors (Lipinski definition) is 1. The molecule has 1 nitrogen and oxygen atoms in total. The van der Waals surface area contributed by atoms with Crippen molar-refractivity contribution in [3.05, 3.63) is 33.3 Å². The first-order chi connectivity index (χ1) is 6.79. The summed E-state index contributed by atoms with van der Waals surface area (Å²) in [5.41, 5.74) is 9.90. The van der Waals surface area contributed by atoms with Crippen LogP contribution in [0, 0.1) is 13.8 Å². The average molecular weight is 270 g/mol. The van der Waals surface area contributed by atoms with E-state index in [4.69, 9.17) is 5.73 Å². The third-order valence-corrected chi connectivity index (χ3v) is 3.81. The second-order valence-electron chi connectivity index (χ2n) is 5.03. The van der Waals surface area contributed by atoms with Crippen molar-refractivity contribution in [2.24, 2.45) is 5.73 Å². The molecule has 1 aromatic carbocycles. The summed E-state index contributed by atoms with van der Waals surface area (Å²) in [7, 11) is 0. The molecular weight excluding hydrogens is 250 g/mol. The molecule has 0 aliphatic carbocycles. The first kappa shape index (κ1) is 12.7. The van der Waals surface area contributed by atoms with Gasteiger partial charge in [0.15, 0.2) is 0 Å². The maximum atomic E-state index is 5.98. The monoisotopic (exact) mass is 269 g/mol. The molecule has 2 N–H and O–H groups in total. The van der Waals surface area contributed by atoms with E-state index in [9.17, 15) is 0 Å². The molecule has 0 heterocycles. The van der Waals surface area contributed by atoms with Gasteiger partial charge in [-0.1, -0.05) is 28.1 Å². The summed E-state index contributed by atoms with van der Waals surface area (Å²) >= 11 is 3.58. The van der Waals surface area contributed by atoms with Gasteiger partial charge in [-0.25, -0.2) is 0 Å². The molecule has 0 spiro atoms. The van der Waals surface area contributed by atoms with Gasteiger partial charge in [-0.05, 0) is 57.2 Å². The minimum atomic E-state index is -0.0745. The van der Waals surface area contributed by atoms with E-state index in [0.717, 1.165) is 12.8 Å². The highest BCUT2D eigenvalue weighted by atomic mass is 79.9. The molecular formula is C13H20BrN. The minimum absolute atomic E-state index is 0.0745. The summed E-state index contributed by atoms with van der Waals surface area (Å²) in [6.45, 7) is 8.42. The molecule has 0 unspecified atom stereocenters. The highest BCUT2D eigenvalue weighted by Gasteiger charge is 2.11. The van der Waals surface area contributed by atoms with Crippen LogP contribution in [0.4, 0.5) is 0 Å². The Balaban J connectivity index is 2.80. The predicted molar refractivity (Wildman–Crippen MR) is 70.2 cm³/mol. The van der Waals surface area contributed by atoms with Crippen LogP contribution in [0.25, 0.3) is 0 Å². The van der Waals surface area contributed by atoms with E-state index in [1.54, 1.807) is 0 Å². The topological polar surface area (TPSA) is 26.0 Å². The molecule has 2 heteroatoms. The smallest absolute Gasteiger partial charge is 0.0233 e. The highest BCUT2D eigenvalue weighted by Crippen LogP contribution is 2.23. The van der Waals surface area contributed by atoms with Gasteiger partial charge in [-0.3, -0.25) is 0 Å². The van der Waals surface area contributed by atoms with Crippen molar-refractivity contribution in [2.45, 2.75) is 46.1 Å². The molecule has 0 amide bonds. The van der Waals surface area contributed by atoms with Crippen LogP contribution < -0.4 is 5.73 Å². The molecule has 0 saturated heterocycles. The summed E-state index contributed by atoms with van der Waals surface area (Å²) in [4.78, 5) is 0. The zero-order valence-electron chi connectivity index (χ0n) is 10.0. The van der Waals surface area contributed by atoms with Crippen LogP contribution in [0.15, 0.2) is 16.6 Å². The molecule has 1 rings (SSSR count). The summed E-state index contributed by atoms with van der Waals surface area (Å²) < 4.78 is 1.22. The van der Waals surface area contributed by atoms with Crippen molar-refractivity contribution in [2.75, 3.05) is 0 Å². The van der Waals surface area contributed by atoms with Crippen molar-refractivity contribution < 1.29 is 0 Å². The van der Waals surface area contributed by atoms with Gasteiger partial charge in [0.1, 0.15) is 0 Å². The van der Waals surface area contributed by atoms with E-state index in [2.05, 4.69) is 55.8 Å². The lowest BCUT2D eigenvalue weighted by molar-refractivity contribution is 0.477. The van der Waals surface area contributed by atoms with Crippen molar-refractivity contribution >= 4 is 15.9 Å². The predicted octanol–water partition coefficient (Wildman–Crippen LogP) is 3.74. The molecule has 15 heavy (non-hydrogen) atoms. The molecule has 84 valence electrons. The zero-order chi connectivity index (χ0) is 11.6. The van der Waals surface area contributed by atoms with Gasteiger partial charge in [0.2, 0.25) is 0 Å². The Morgan fingerprint density at radius 2 is 1.67 bits per heavy atom. The molecule has 0 radical (unpaired) electrons. The summed E-state index contributed by atoms with van der Waals surface area (Å²) in [6.07, 6.45) is 2.08. The second kappa shape index (κ2) is 4.67. The molecule has 0 fully saturated rings. The fourth-order valence-corrected chi connectivity index (χ4v) is 1.88. The first-order valence-electron chi connectivity index (χ1n) is 5.34. The van der Waals surface area contributed by atoms with Gasteiger partial charge >= 0.3 is 0 Å². The molecule has 0 atom stereocenters. The largest absolute Gasteiger partial charge is 0.326 e. The Morgan fingerprint density at radius 1 is 1.20 bits per heavy atom. The third kappa shape index (κ3) is 3.96. The van der Waals surface area contributed by atoms with E-state index in [1.807, 2.05) is 0 Å². The molecule has 1 aromatic rings. The molecule has 0 saturated carbocycles. The maximum Gasteiger partial charge on any atom is 0.0233 e. The van der Waals surface area contributed by atoms with E-state index < -0.39 is 0 Å². The summed E-state index contributed by atoms with van der Waals surface area (Å²) in [5.74, 6) is 0. The Kier molecular flexibility index (Phi) is 3.96. The van der Waals surface area contributed by atoms with Crippen LogP contribution in [0.3, 0.4) is 0 Å². The molecule has 0 bridgehead atoms. The lowest BCUT2D eigenvalue weighted by atomic mass is 9.95. The third-order valence-electron chi connectivity index (χ3n) is 2.55. The standard InChI is InChI=1S/C13H20BrN/c1-9-7-11(5-6-13(3,4)15)8-10(2)12(9)14/h7-8H,5-6,15H2,1-4H3. The van der Waals surface area contributed by atoms with Gasteiger partial charge in [-0.2, -0.15) is 0 Å². The maximum absolute atomic E-state index is 5.98. The first-order valence-corrected chi connectivity index (χ1v) is 6.13. The number of aryl methyl sites for hydroxylation is 3. The SMILES string of the molecule is Cc1cc(CCC(C)(C)N)cc(C)c1Br. The number of benzene rings is 1. The van der Waals surface area contributed by atoms with Gasteiger partial charge < -0.3 is 5.73 Å². The Labute approximate surface area is 101 Å². The normalized spacial score (nSPS) is 11.9. The fraction of sp³-hybridized carbons (Fsp3) is 0.538. The quantitative estimate of drug-likeness (QED) is 0.889. The van der Waals surface area contributed by atoms with Crippen LogP contribution >= 0.6 is 15.9 Å². The minimum Gasteiger partial charge on any atom is -0.326 e. The lowest BCUT2D eigenvalue weighted by Crippen LogP contribution is -2.32. The van der Waals surface area contributed by atoms with Crippen molar-refractivity contribution in [3.8, 4) is 0 Å². The van der Waals surface area contributed by atoms with Crippen LogP contribution in [0.2, 0.25) is 0 Å². The van der Waals surface area contributed by atoms with Crippen molar-refractivity contribution in [1.82, 2.24) is 0 Å². The van der Waals surface area contributed by atoms with E-state index >= 15 is 0 Å². The second-order valence-corrected chi connectivity index (χ2v) is 5.83. The Hall–Kier alpha value is -0.340. The van der Waals surface area contributed by atoms with Crippen LogP contribution in [-0.2, 0) is 6.42 Å². The number of rotatable bonds is 3. The Bertz CT molecular complexity index is 327. The summed E-state index contributed by atoms with van der Waals surface area (Å²) in [5, 5.41) is 0. The van der Waals surface area contributed by atoms with E-state index in [1.165, 1.54) is 21.2 Å². The highest BCUT2D eigenvalue weighted by molar-refractivity contribution is 9.10. The van der Waals surface area contributed by atoms with E-state index in [0.29, 0.717) is 0 Å². The van der Waals surface area contributed by atoms with Crippen molar-refractivity contribution in [3.63, 3.8) is 0 Å². The molecule has 0 aliphatic heterocycles. The zero-order valence-corrected chi connectivity index (χ0v) is 11.6. The lowest BCUT2D eigenvalue weighted by Gasteiger charge is -2.18. The molecule has 0 aliphatic rings. The van der Waals surface area contributed by atoms with Crippen LogP contribution in [0.5, 0.6) is 0 Å². The molecule has 0 aromatic heterocycles.